The van der Waals surface area contributed by atoms with Crippen molar-refractivity contribution in [1.29, 1.82) is 0 Å². The molecule has 0 bridgehead atoms. The van der Waals surface area contributed by atoms with Crippen LogP contribution in [0, 0.1) is 0 Å². The molecule has 2 aromatic heterocycles. The summed E-state index contributed by atoms with van der Waals surface area (Å²) in [7, 11) is 0. The van der Waals surface area contributed by atoms with Crippen molar-refractivity contribution in [2.45, 2.75) is 12.1 Å². The van der Waals surface area contributed by atoms with Gasteiger partial charge in [0.2, 0.25) is 11.7 Å². The largest absolute Gasteiger partial charge is 0.416 e. The van der Waals surface area contributed by atoms with Gasteiger partial charge in [-0.15, -0.1) is 0 Å². The summed E-state index contributed by atoms with van der Waals surface area (Å²) in [4.78, 5) is 22.2. The number of halogens is 3. The number of hydrogen-bond donors (Lipinski definition) is 1. The maximum atomic E-state index is 12.6. The Hall–Kier alpha value is -3.43. The molecule has 0 spiro atoms. The van der Waals surface area contributed by atoms with Crippen molar-refractivity contribution >= 4 is 11.7 Å². The normalized spacial score (nSPS) is 14.6. The van der Waals surface area contributed by atoms with E-state index in [1.54, 1.807) is 18.3 Å². The van der Waals surface area contributed by atoms with Crippen molar-refractivity contribution in [1.82, 2.24) is 20.0 Å². The molecule has 1 aliphatic heterocycles. The molecule has 1 saturated heterocycles. The molecule has 3 heterocycles. The van der Waals surface area contributed by atoms with Crippen LogP contribution in [0.25, 0.3) is 11.5 Å². The summed E-state index contributed by atoms with van der Waals surface area (Å²) in [6.45, 7) is 0.743. The molecule has 10 heteroatoms. The maximum Gasteiger partial charge on any atom is 0.416 e. The Bertz CT molecular complexity index is 967. The van der Waals surface area contributed by atoms with E-state index < -0.39 is 17.8 Å². The van der Waals surface area contributed by atoms with Gasteiger partial charge in [0.15, 0.2) is 0 Å². The van der Waals surface area contributed by atoms with Gasteiger partial charge in [-0.1, -0.05) is 11.2 Å². The zero-order chi connectivity index (χ0) is 19.7. The fraction of sp³-hybridized carbons (Fsp3) is 0.222. The minimum absolute atomic E-state index is 0.0942. The maximum absolute atomic E-state index is 12.6. The Balaban J connectivity index is 1.33. The number of carbonyl (C=O) groups is 1. The second-order valence-corrected chi connectivity index (χ2v) is 6.28. The van der Waals surface area contributed by atoms with E-state index in [2.05, 4.69) is 20.4 Å². The number of pyridine rings is 1. The van der Waals surface area contributed by atoms with Gasteiger partial charge in [-0.25, -0.2) is 4.79 Å². The predicted octanol–water partition coefficient (Wildman–Crippen LogP) is 3.78. The lowest BCUT2D eigenvalue weighted by Crippen LogP contribution is -2.50. The van der Waals surface area contributed by atoms with Crippen LogP contribution in [0.1, 0.15) is 17.4 Å². The van der Waals surface area contributed by atoms with Gasteiger partial charge in [0.25, 0.3) is 0 Å². The average molecular weight is 389 g/mol. The number of urea groups is 1. The minimum Gasteiger partial charge on any atom is -0.338 e. The number of benzene rings is 1. The van der Waals surface area contributed by atoms with E-state index in [-0.39, 0.29) is 11.6 Å². The van der Waals surface area contributed by atoms with E-state index in [4.69, 9.17) is 4.52 Å². The molecule has 0 atom stereocenters. The number of amides is 2. The number of aromatic nitrogens is 3. The number of hydrogen-bond acceptors (Lipinski definition) is 5. The highest BCUT2D eigenvalue weighted by Crippen LogP contribution is 2.31. The highest BCUT2D eigenvalue weighted by molar-refractivity contribution is 5.90. The number of rotatable bonds is 3. The molecule has 0 radical (unpaired) electrons. The van der Waals surface area contributed by atoms with E-state index in [1.807, 2.05) is 6.07 Å². The first kappa shape index (κ1) is 18.0. The standard InChI is InChI=1S/C18H14F3N5O2/c19-18(20,21)12-4-6-13(7-5-12)23-17(27)26-9-11(10-26)16-24-15(25-28-16)14-3-1-2-8-22-14/h1-8,11H,9-10H2,(H,23,27). The second kappa shape index (κ2) is 6.95. The molecular weight excluding hydrogens is 375 g/mol. The van der Waals surface area contributed by atoms with Crippen molar-refractivity contribution in [3.63, 3.8) is 0 Å². The number of nitrogens with one attached hydrogen (secondary N) is 1. The van der Waals surface area contributed by atoms with Gasteiger partial charge >= 0.3 is 12.2 Å². The van der Waals surface area contributed by atoms with E-state index in [0.29, 0.717) is 30.5 Å². The Labute approximate surface area is 157 Å². The zero-order valence-corrected chi connectivity index (χ0v) is 14.3. The molecule has 3 aromatic rings. The van der Waals surface area contributed by atoms with E-state index in [0.717, 1.165) is 12.1 Å². The Morgan fingerprint density at radius 3 is 2.54 bits per heavy atom. The molecule has 1 fully saturated rings. The van der Waals surface area contributed by atoms with Crippen LogP contribution >= 0.6 is 0 Å². The highest BCUT2D eigenvalue weighted by Gasteiger charge is 2.36. The molecule has 2 amide bonds. The molecular formula is C18H14F3N5O2. The summed E-state index contributed by atoms with van der Waals surface area (Å²) in [6.07, 6.45) is -2.78. The molecule has 7 nitrogen and oxygen atoms in total. The monoisotopic (exact) mass is 389 g/mol. The van der Waals surface area contributed by atoms with Crippen LogP contribution in [-0.4, -0.2) is 39.1 Å². The first-order chi connectivity index (χ1) is 13.4. The molecule has 144 valence electrons. The first-order valence-corrected chi connectivity index (χ1v) is 8.38. The molecule has 1 N–H and O–H groups in total. The van der Waals surface area contributed by atoms with Crippen molar-refractivity contribution in [3.05, 3.63) is 60.1 Å². The Morgan fingerprint density at radius 1 is 1.14 bits per heavy atom. The third-order valence-corrected chi connectivity index (χ3v) is 4.32. The van der Waals surface area contributed by atoms with Gasteiger partial charge in [0.1, 0.15) is 5.69 Å². The summed E-state index contributed by atoms with van der Waals surface area (Å²) in [6, 6.07) is 9.24. The van der Waals surface area contributed by atoms with Gasteiger partial charge in [0.05, 0.1) is 11.5 Å². The van der Waals surface area contributed by atoms with Gasteiger partial charge in [0, 0.05) is 25.0 Å². The first-order valence-electron chi connectivity index (χ1n) is 8.38. The van der Waals surface area contributed by atoms with Crippen molar-refractivity contribution in [2.75, 3.05) is 18.4 Å². The average Bonchev–Trinajstić information content (AvgIpc) is 3.10. The smallest absolute Gasteiger partial charge is 0.338 e. The number of anilines is 1. The van der Waals surface area contributed by atoms with Crippen molar-refractivity contribution < 1.29 is 22.5 Å². The van der Waals surface area contributed by atoms with Crippen LogP contribution in [-0.2, 0) is 6.18 Å². The third-order valence-electron chi connectivity index (χ3n) is 4.32. The number of carbonyl (C=O) groups excluding carboxylic acids is 1. The SMILES string of the molecule is O=C(Nc1ccc(C(F)(F)F)cc1)N1CC(c2nc(-c3ccccn3)no2)C1. The fourth-order valence-corrected chi connectivity index (χ4v) is 2.75. The predicted molar refractivity (Wildman–Crippen MR) is 92.3 cm³/mol. The summed E-state index contributed by atoms with van der Waals surface area (Å²) < 4.78 is 43.0. The minimum atomic E-state index is -4.41. The summed E-state index contributed by atoms with van der Waals surface area (Å²) in [5.74, 6) is 0.700. The molecule has 0 aliphatic carbocycles. The van der Waals surface area contributed by atoms with E-state index >= 15 is 0 Å². The summed E-state index contributed by atoms with van der Waals surface area (Å²) in [5.41, 5.74) is 0.111. The second-order valence-electron chi connectivity index (χ2n) is 6.28. The van der Waals surface area contributed by atoms with Crippen molar-refractivity contribution in [2.24, 2.45) is 0 Å². The van der Waals surface area contributed by atoms with Crippen LogP contribution in [0.15, 0.2) is 53.2 Å². The highest BCUT2D eigenvalue weighted by atomic mass is 19.4. The molecule has 28 heavy (non-hydrogen) atoms. The molecule has 1 aromatic carbocycles. The zero-order valence-electron chi connectivity index (χ0n) is 14.3. The van der Waals surface area contributed by atoms with Crippen LogP contribution in [0.2, 0.25) is 0 Å². The van der Waals surface area contributed by atoms with Crippen molar-refractivity contribution in [3.8, 4) is 11.5 Å². The lowest BCUT2D eigenvalue weighted by Gasteiger charge is -2.36. The Kier molecular flexibility index (Phi) is 4.46. The number of nitrogens with zero attached hydrogens (tertiary/aromatic N) is 4. The lowest BCUT2D eigenvalue weighted by atomic mass is 10.0. The van der Waals surface area contributed by atoms with E-state index in [9.17, 15) is 18.0 Å². The Morgan fingerprint density at radius 2 is 1.89 bits per heavy atom. The molecule has 4 rings (SSSR count). The summed E-state index contributed by atoms with van der Waals surface area (Å²) in [5, 5.41) is 6.46. The van der Waals surface area contributed by atoms with Crippen LogP contribution in [0.3, 0.4) is 0 Å². The van der Waals surface area contributed by atoms with Gasteiger partial charge in [-0.2, -0.15) is 18.2 Å². The lowest BCUT2D eigenvalue weighted by molar-refractivity contribution is -0.137. The van der Waals surface area contributed by atoms with E-state index in [1.165, 1.54) is 17.0 Å². The van der Waals surface area contributed by atoms with Gasteiger partial charge in [-0.3, -0.25) is 4.98 Å². The topological polar surface area (TPSA) is 84.2 Å². The van der Waals surface area contributed by atoms with Crippen LogP contribution in [0.4, 0.5) is 23.7 Å². The fourth-order valence-electron chi connectivity index (χ4n) is 2.75. The number of alkyl halides is 3. The third kappa shape index (κ3) is 3.66. The summed E-state index contributed by atoms with van der Waals surface area (Å²) >= 11 is 0. The van der Waals surface area contributed by atoms with Crippen LogP contribution in [0.5, 0.6) is 0 Å². The molecule has 1 aliphatic rings. The molecule has 0 saturated carbocycles. The quantitative estimate of drug-likeness (QED) is 0.737. The van der Waals surface area contributed by atoms with Gasteiger partial charge in [-0.05, 0) is 36.4 Å². The number of likely N-dealkylation sites (tertiary alicyclic amines) is 1. The van der Waals surface area contributed by atoms with Crippen LogP contribution < -0.4 is 5.32 Å². The molecule has 0 unspecified atom stereocenters. The van der Waals surface area contributed by atoms with Gasteiger partial charge < -0.3 is 14.7 Å².